The van der Waals surface area contributed by atoms with Gasteiger partial charge in [-0.1, -0.05) is 65.0 Å². The summed E-state index contributed by atoms with van der Waals surface area (Å²) in [5, 5.41) is 20.8. The lowest BCUT2D eigenvalue weighted by Crippen LogP contribution is -2.66. The Kier molecular flexibility index (Phi) is 8.16. The maximum Gasteiger partial charge on any atom is 0.418 e. The number of alkyl halides is 2. The van der Waals surface area contributed by atoms with Gasteiger partial charge < -0.3 is 15.5 Å². The maximum absolute atomic E-state index is 14.1. The summed E-state index contributed by atoms with van der Waals surface area (Å²) < 4.78 is 28.3. The number of aliphatic carboxylic acids is 1. The van der Waals surface area contributed by atoms with E-state index in [1.807, 2.05) is 12.1 Å². The molecule has 0 spiro atoms. The average Bonchev–Trinajstić information content (AvgIpc) is 3.40. The van der Waals surface area contributed by atoms with E-state index >= 15 is 0 Å². The Morgan fingerprint density at radius 1 is 0.896 bits per heavy atom. The minimum absolute atomic E-state index is 0.0198. The van der Waals surface area contributed by atoms with E-state index in [0.717, 1.165) is 68.9 Å². The molecule has 1 aromatic rings. The molecule has 3 N–H and O–H groups in total. The highest BCUT2D eigenvalue weighted by Gasteiger charge is 2.70. The van der Waals surface area contributed by atoms with Crippen molar-refractivity contribution in [2.24, 2.45) is 56.7 Å². The Morgan fingerprint density at radius 2 is 1.56 bits per heavy atom. The van der Waals surface area contributed by atoms with Crippen molar-refractivity contribution in [2.45, 2.75) is 105 Å². The number of carboxylic acid groups (broad SMARTS) is 2. The van der Waals surface area contributed by atoms with Crippen LogP contribution in [-0.4, -0.2) is 40.5 Å². The van der Waals surface area contributed by atoms with Crippen molar-refractivity contribution in [2.75, 3.05) is 6.54 Å². The number of carboxylic acids is 2. The van der Waals surface area contributed by atoms with Gasteiger partial charge in [-0.2, -0.15) is 8.78 Å². The van der Waals surface area contributed by atoms with Crippen LogP contribution in [0.4, 0.5) is 8.78 Å². The molecule has 4 fully saturated rings. The van der Waals surface area contributed by atoms with Crippen LogP contribution < -0.4 is 5.32 Å². The zero-order valence-corrected chi connectivity index (χ0v) is 29.4. The lowest BCUT2D eigenvalue weighted by molar-refractivity contribution is -0.225. The molecule has 0 unspecified atom stereocenters. The highest BCUT2D eigenvalue weighted by molar-refractivity contribution is 6.03. The first-order valence-corrected chi connectivity index (χ1v) is 17.9. The number of amides is 1. The molecule has 48 heavy (non-hydrogen) atoms. The van der Waals surface area contributed by atoms with Gasteiger partial charge in [0.05, 0.1) is 5.56 Å². The number of hydrogen-bond donors (Lipinski definition) is 3. The quantitative estimate of drug-likeness (QED) is 0.199. The van der Waals surface area contributed by atoms with Gasteiger partial charge in [0.1, 0.15) is 0 Å². The van der Waals surface area contributed by atoms with Gasteiger partial charge >= 0.3 is 23.8 Å². The van der Waals surface area contributed by atoms with Crippen molar-refractivity contribution >= 4 is 23.4 Å². The molecule has 0 bridgehead atoms. The number of nitrogens with one attached hydrogen (secondary N) is 1. The lowest BCUT2D eigenvalue weighted by Gasteiger charge is -2.72. The maximum atomic E-state index is 14.1. The Labute approximate surface area is 283 Å². The normalized spacial score (nSPS) is 39.9. The summed E-state index contributed by atoms with van der Waals surface area (Å²) in [7, 11) is 0. The molecule has 5 aliphatic rings. The van der Waals surface area contributed by atoms with Gasteiger partial charge in [0, 0.05) is 6.54 Å². The van der Waals surface area contributed by atoms with E-state index < -0.39 is 23.8 Å². The molecular formula is C40H53F2NO5. The fourth-order valence-electron chi connectivity index (χ4n) is 12.9. The van der Waals surface area contributed by atoms with Crippen molar-refractivity contribution < 1.29 is 33.4 Å². The third-order valence-corrected chi connectivity index (χ3v) is 15.4. The number of allylic oxidation sites excluding steroid dienone is 3. The number of carbonyl (C=O) groups is 3. The largest absolute Gasteiger partial charge is 0.478 e. The fourth-order valence-corrected chi connectivity index (χ4v) is 12.9. The van der Waals surface area contributed by atoms with Crippen LogP contribution in [0.1, 0.15) is 115 Å². The molecule has 0 radical (unpaired) electrons. The first kappa shape index (κ1) is 34.8. The van der Waals surface area contributed by atoms with Gasteiger partial charge in [0.2, 0.25) is 0 Å². The van der Waals surface area contributed by atoms with E-state index in [2.05, 4.69) is 59.5 Å². The highest BCUT2D eigenvalue weighted by Crippen LogP contribution is 2.77. The van der Waals surface area contributed by atoms with E-state index in [1.165, 1.54) is 5.57 Å². The summed E-state index contributed by atoms with van der Waals surface area (Å²) in [6, 6.07) is 7.32. The van der Waals surface area contributed by atoms with Gasteiger partial charge in [-0.25, -0.2) is 9.59 Å². The van der Waals surface area contributed by atoms with Gasteiger partial charge in [-0.3, -0.25) is 4.79 Å². The molecule has 0 aromatic heterocycles. The minimum Gasteiger partial charge on any atom is -0.478 e. The van der Waals surface area contributed by atoms with Crippen molar-refractivity contribution in [1.82, 2.24) is 5.32 Å². The fraction of sp³-hybridized carbons (Fsp3) is 0.675. The number of halogens is 2. The number of rotatable bonds is 7. The molecule has 262 valence electrons. The summed E-state index contributed by atoms with van der Waals surface area (Å²) in [5.41, 5.74) is 3.53. The second-order valence-electron chi connectivity index (χ2n) is 17.5. The number of aromatic carboxylic acids is 1. The van der Waals surface area contributed by atoms with Crippen LogP contribution in [0.25, 0.3) is 5.57 Å². The predicted molar refractivity (Wildman–Crippen MR) is 181 cm³/mol. The van der Waals surface area contributed by atoms with Crippen LogP contribution in [0.5, 0.6) is 0 Å². The van der Waals surface area contributed by atoms with Crippen molar-refractivity contribution in [3.05, 3.63) is 53.6 Å². The van der Waals surface area contributed by atoms with Gasteiger partial charge in [0.25, 0.3) is 0 Å². The molecule has 0 saturated heterocycles. The third-order valence-electron chi connectivity index (χ3n) is 15.4. The minimum atomic E-state index is -4.45. The summed E-state index contributed by atoms with van der Waals surface area (Å²) in [6.07, 6.45) is 11.3. The standard InChI is InChI=1S/C40H53F2NO5/c1-23(2)26-14-19-39(22-43-33(46)40(41,42)34(47)48)21-20-37(6)28(31(26)39)12-13-30-36(5)17-15-27(24-8-10-25(11-9-24)32(44)45)35(3,4)29(36)16-18-38(30,37)7/h8-11,15,26,28-31H,1,12-14,16-22H2,2-7H3,(H,43,46)(H,44,45)(H,47,48)/t26-,28+,29-,30+,31+,36-,37+,38+,39+/m0/s1. The molecule has 4 saturated carbocycles. The zero-order chi connectivity index (χ0) is 35.2. The van der Waals surface area contributed by atoms with Crippen LogP contribution in [0.3, 0.4) is 0 Å². The molecular weight excluding hydrogens is 612 g/mol. The Balaban J connectivity index is 1.32. The number of fused-ring (bicyclic) bond motifs is 7. The topological polar surface area (TPSA) is 104 Å². The smallest absolute Gasteiger partial charge is 0.418 e. The molecule has 5 aliphatic carbocycles. The van der Waals surface area contributed by atoms with E-state index in [0.29, 0.717) is 23.3 Å². The first-order valence-electron chi connectivity index (χ1n) is 17.9. The van der Waals surface area contributed by atoms with E-state index in [-0.39, 0.29) is 45.5 Å². The second-order valence-corrected chi connectivity index (χ2v) is 17.5. The molecule has 0 aliphatic heterocycles. The van der Waals surface area contributed by atoms with Crippen LogP contribution in [0.2, 0.25) is 0 Å². The van der Waals surface area contributed by atoms with Gasteiger partial charge in [-0.05, 0) is 145 Å². The molecule has 8 heteroatoms. The Morgan fingerprint density at radius 3 is 2.17 bits per heavy atom. The van der Waals surface area contributed by atoms with Crippen molar-refractivity contribution in [3.8, 4) is 0 Å². The molecule has 9 atom stereocenters. The molecule has 1 amide bonds. The number of benzene rings is 1. The lowest BCUT2D eigenvalue weighted by atomic mass is 9.32. The van der Waals surface area contributed by atoms with Gasteiger partial charge in [0.15, 0.2) is 0 Å². The summed E-state index contributed by atoms with van der Waals surface area (Å²) >= 11 is 0. The van der Waals surface area contributed by atoms with Crippen molar-refractivity contribution in [1.29, 1.82) is 0 Å². The molecule has 0 heterocycles. The highest BCUT2D eigenvalue weighted by atomic mass is 19.3. The first-order chi connectivity index (χ1) is 22.3. The average molecular weight is 666 g/mol. The predicted octanol–water partition coefficient (Wildman–Crippen LogP) is 8.87. The van der Waals surface area contributed by atoms with E-state index in [9.17, 15) is 28.3 Å². The second kappa shape index (κ2) is 11.2. The zero-order valence-electron chi connectivity index (χ0n) is 29.4. The van der Waals surface area contributed by atoms with E-state index in [4.69, 9.17) is 5.11 Å². The van der Waals surface area contributed by atoms with E-state index in [1.54, 1.807) is 12.1 Å². The number of carbonyl (C=O) groups excluding carboxylic acids is 1. The van der Waals surface area contributed by atoms with Crippen molar-refractivity contribution in [3.63, 3.8) is 0 Å². The van der Waals surface area contributed by atoms with Gasteiger partial charge in [-0.15, -0.1) is 0 Å². The third kappa shape index (κ3) is 4.77. The number of hydrogen-bond acceptors (Lipinski definition) is 3. The molecule has 1 aromatic carbocycles. The van der Waals surface area contributed by atoms with Crippen LogP contribution in [-0.2, 0) is 9.59 Å². The molecule has 6 rings (SSSR count). The van der Waals surface area contributed by atoms with Crippen LogP contribution in [0.15, 0.2) is 42.5 Å². The summed E-state index contributed by atoms with van der Waals surface area (Å²) in [4.78, 5) is 35.1. The summed E-state index contributed by atoms with van der Waals surface area (Å²) in [6.45, 7) is 18.8. The Bertz CT molecular complexity index is 1570. The monoisotopic (exact) mass is 665 g/mol. The SMILES string of the molecule is C=C(C)[C@@H]1CC[C@]2(CNC(=O)C(F)(F)C(=O)O)CC[C@]3(C)[C@H](CC[C@@H]4[C@@]5(C)CC=C(c6ccc(C(=O)O)cc6)C(C)(C)[C@@H]5CC[C@]43C)[C@@H]12. The van der Waals surface area contributed by atoms with Crippen LogP contribution >= 0.6 is 0 Å². The molecule has 6 nitrogen and oxygen atoms in total. The Hall–Kier alpha value is -3.03. The van der Waals surface area contributed by atoms with Crippen LogP contribution in [0, 0.1) is 56.7 Å². The summed E-state index contributed by atoms with van der Waals surface area (Å²) in [5.74, 6) is -7.76.